The van der Waals surface area contributed by atoms with Gasteiger partial charge in [-0.1, -0.05) is 0 Å². The lowest BCUT2D eigenvalue weighted by molar-refractivity contribution is 0.0890. The van der Waals surface area contributed by atoms with Crippen molar-refractivity contribution in [1.29, 1.82) is 0 Å². The maximum absolute atomic E-state index is 11.3. The highest BCUT2D eigenvalue weighted by Crippen LogP contribution is 2.00. The molecule has 1 aromatic rings. The zero-order valence-corrected chi connectivity index (χ0v) is 7.71. The van der Waals surface area contributed by atoms with E-state index in [0.29, 0.717) is 5.82 Å². The highest BCUT2D eigenvalue weighted by molar-refractivity contribution is 5.98. The molecule has 0 spiro atoms. The van der Waals surface area contributed by atoms with Crippen molar-refractivity contribution in [3.05, 3.63) is 18.6 Å². The molecule has 1 aliphatic rings. The molecule has 1 aromatic heterocycles. The van der Waals surface area contributed by atoms with Crippen molar-refractivity contribution in [1.82, 2.24) is 9.97 Å². The number of aliphatic imine (C=N–C) groups is 1. The van der Waals surface area contributed by atoms with E-state index in [1.165, 1.54) is 18.6 Å². The second-order valence-corrected chi connectivity index (χ2v) is 2.64. The van der Waals surface area contributed by atoms with Crippen molar-refractivity contribution < 1.29 is 14.3 Å². The molecule has 7 nitrogen and oxygen atoms in total. The molecular formula is C8H8N4O3. The van der Waals surface area contributed by atoms with Crippen LogP contribution in [0.15, 0.2) is 23.6 Å². The molecule has 2 rings (SSSR count). The summed E-state index contributed by atoms with van der Waals surface area (Å²) in [5.41, 5.74) is 0. The molecule has 1 fully saturated rings. The van der Waals surface area contributed by atoms with Crippen LogP contribution in [0.2, 0.25) is 0 Å². The van der Waals surface area contributed by atoms with Crippen LogP contribution < -0.4 is 5.32 Å². The highest BCUT2D eigenvalue weighted by Gasteiger charge is 2.11. The molecular weight excluding hydrogens is 200 g/mol. The van der Waals surface area contributed by atoms with Crippen molar-refractivity contribution in [2.75, 3.05) is 18.7 Å². The number of urea groups is 1. The first-order valence-electron chi connectivity index (χ1n) is 4.20. The van der Waals surface area contributed by atoms with E-state index >= 15 is 0 Å². The van der Waals surface area contributed by atoms with E-state index in [2.05, 4.69) is 20.3 Å². The summed E-state index contributed by atoms with van der Waals surface area (Å²) in [6, 6.07) is -0.559. The van der Waals surface area contributed by atoms with Crippen LogP contribution in [-0.4, -0.2) is 35.3 Å². The molecule has 15 heavy (non-hydrogen) atoms. The number of aromatic nitrogens is 2. The third kappa shape index (κ3) is 2.71. The molecule has 78 valence electrons. The number of hydrogen-bond acceptors (Lipinski definition) is 5. The molecule has 1 aliphatic heterocycles. The molecule has 0 saturated carbocycles. The van der Waals surface area contributed by atoms with Gasteiger partial charge < -0.3 is 9.47 Å². The molecule has 0 radical (unpaired) electrons. The largest absolute Gasteiger partial charge is 0.452 e. The third-order valence-corrected chi connectivity index (χ3v) is 1.56. The molecule has 0 bridgehead atoms. The number of amides is 2. The Morgan fingerprint density at radius 3 is 3.13 bits per heavy atom. The first kappa shape index (κ1) is 9.53. The number of rotatable bonds is 1. The number of nitrogens with zero attached hydrogens (tertiary/aromatic N) is 3. The van der Waals surface area contributed by atoms with Gasteiger partial charge in [0.05, 0.1) is 6.20 Å². The zero-order chi connectivity index (χ0) is 10.5. The Balaban J connectivity index is 1.95. The van der Waals surface area contributed by atoms with Crippen LogP contribution in [-0.2, 0) is 9.47 Å². The van der Waals surface area contributed by atoms with Gasteiger partial charge in [0, 0.05) is 12.4 Å². The lowest BCUT2D eigenvalue weighted by atomic mass is 10.6. The van der Waals surface area contributed by atoms with E-state index in [0.717, 1.165) is 0 Å². The summed E-state index contributed by atoms with van der Waals surface area (Å²) in [6.45, 7) is 0.352. The molecule has 1 saturated heterocycles. The topological polar surface area (TPSA) is 85.7 Å². The summed E-state index contributed by atoms with van der Waals surface area (Å²) in [4.78, 5) is 22.5. The van der Waals surface area contributed by atoms with Gasteiger partial charge in [0.2, 0.25) is 5.90 Å². The molecule has 0 atom stereocenters. The lowest BCUT2D eigenvalue weighted by Gasteiger charge is -1.98. The minimum Gasteiger partial charge on any atom is -0.452 e. The summed E-state index contributed by atoms with van der Waals surface area (Å²) in [6.07, 6.45) is 4.40. The van der Waals surface area contributed by atoms with Crippen molar-refractivity contribution in [2.45, 2.75) is 0 Å². The fraction of sp³-hybridized carbons (Fsp3) is 0.250. The van der Waals surface area contributed by atoms with E-state index in [4.69, 9.17) is 9.47 Å². The van der Waals surface area contributed by atoms with E-state index < -0.39 is 6.03 Å². The Kier molecular flexibility index (Phi) is 2.84. The van der Waals surface area contributed by atoms with Gasteiger partial charge in [-0.15, -0.1) is 0 Å². The fourth-order valence-electron chi connectivity index (χ4n) is 0.959. The second-order valence-electron chi connectivity index (χ2n) is 2.64. The van der Waals surface area contributed by atoms with Gasteiger partial charge in [0.1, 0.15) is 6.61 Å². The summed E-state index contributed by atoms with van der Waals surface area (Å²) in [7, 11) is 0. The summed E-state index contributed by atoms with van der Waals surface area (Å²) in [5, 5.41) is 2.43. The predicted molar refractivity (Wildman–Crippen MR) is 50.4 cm³/mol. The Morgan fingerprint density at radius 2 is 2.47 bits per heavy atom. The fourth-order valence-corrected chi connectivity index (χ4v) is 0.959. The van der Waals surface area contributed by atoms with Gasteiger partial charge in [-0.25, -0.2) is 9.78 Å². The van der Waals surface area contributed by atoms with E-state index in [1.54, 1.807) is 0 Å². The maximum Gasteiger partial charge on any atom is 0.349 e. The van der Waals surface area contributed by atoms with Gasteiger partial charge in [0.15, 0.2) is 12.6 Å². The average molecular weight is 208 g/mol. The van der Waals surface area contributed by atoms with E-state index in [9.17, 15) is 4.79 Å². The molecule has 0 aromatic carbocycles. The molecule has 1 N–H and O–H groups in total. The van der Waals surface area contributed by atoms with Gasteiger partial charge in [0.25, 0.3) is 0 Å². The van der Waals surface area contributed by atoms with E-state index in [-0.39, 0.29) is 19.3 Å². The molecule has 0 aliphatic carbocycles. The predicted octanol–water partition coefficient (Wildman–Crippen LogP) is 0.411. The maximum atomic E-state index is 11.3. The van der Waals surface area contributed by atoms with Crippen LogP contribution in [0.1, 0.15) is 0 Å². The number of hydrogen-bond donors (Lipinski definition) is 1. The summed E-state index contributed by atoms with van der Waals surface area (Å²) in [5.74, 6) is 0.599. The second kappa shape index (κ2) is 4.47. The minimum atomic E-state index is -0.559. The SMILES string of the molecule is O=C(N=C1COCO1)Nc1cnccn1. The van der Waals surface area contributed by atoms with Crippen LogP contribution in [0, 0.1) is 0 Å². The van der Waals surface area contributed by atoms with Gasteiger partial charge in [-0.2, -0.15) is 4.99 Å². The Morgan fingerprint density at radius 1 is 1.53 bits per heavy atom. The molecule has 7 heteroatoms. The number of ether oxygens (including phenoxy) is 2. The Hall–Kier alpha value is -2.02. The third-order valence-electron chi connectivity index (χ3n) is 1.56. The monoisotopic (exact) mass is 208 g/mol. The number of nitrogens with one attached hydrogen (secondary N) is 1. The van der Waals surface area contributed by atoms with Crippen molar-refractivity contribution in [3.8, 4) is 0 Å². The van der Waals surface area contributed by atoms with Crippen LogP contribution in [0.4, 0.5) is 10.6 Å². The minimum absolute atomic E-state index is 0.136. The highest BCUT2D eigenvalue weighted by atomic mass is 16.7. The van der Waals surface area contributed by atoms with Crippen LogP contribution in [0.25, 0.3) is 0 Å². The van der Waals surface area contributed by atoms with E-state index in [1.807, 2.05) is 0 Å². The number of carbonyl (C=O) groups excluding carboxylic acids is 1. The smallest absolute Gasteiger partial charge is 0.349 e. The summed E-state index contributed by atoms with van der Waals surface area (Å²) < 4.78 is 9.74. The van der Waals surface area contributed by atoms with Gasteiger partial charge >= 0.3 is 6.03 Å². The quantitative estimate of drug-likeness (QED) is 0.722. The van der Waals surface area contributed by atoms with Gasteiger partial charge in [-0.3, -0.25) is 10.3 Å². The average Bonchev–Trinajstić information content (AvgIpc) is 2.71. The van der Waals surface area contributed by atoms with Crippen molar-refractivity contribution in [3.63, 3.8) is 0 Å². The number of anilines is 1. The van der Waals surface area contributed by atoms with Gasteiger partial charge in [-0.05, 0) is 0 Å². The molecule has 2 amide bonds. The zero-order valence-electron chi connectivity index (χ0n) is 7.71. The lowest BCUT2D eigenvalue weighted by Crippen LogP contribution is -2.12. The first-order valence-corrected chi connectivity index (χ1v) is 4.20. The van der Waals surface area contributed by atoms with Crippen LogP contribution in [0.5, 0.6) is 0 Å². The van der Waals surface area contributed by atoms with Crippen LogP contribution >= 0.6 is 0 Å². The number of carbonyl (C=O) groups is 1. The summed E-state index contributed by atoms with van der Waals surface area (Å²) >= 11 is 0. The normalized spacial score (nSPS) is 17.5. The van der Waals surface area contributed by atoms with Crippen molar-refractivity contribution >= 4 is 17.7 Å². The van der Waals surface area contributed by atoms with Crippen LogP contribution in [0.3, 0.4) is 0 Å². The first-order chi connectivity index (χ1) is 7.34. The molecule has 2 heterocycles. The Bertz CT molecular complexity index is 371. The standard InChI is InChI=1S/C8H8N4O3/c13-8(12-7-4-14-5-15-7)11-6-3-9-1-2-10-6/h1-3H,4-5H2,(H,10,11,13). The van der Waals surface area contributed by atoms with Crippen molar-refractivity contribution in [2.24, 2.45) is 4.99 Å². The molecule has 0 unspecified atom stereocenters. The Labute approximate surface area is 85.2 Å².